The molecule has 2 nitrogen and oxygen atoms in total. The standard InChI is InChI=1S/C32H32N2/c1-31(2,3)34-29-13-9-7-11-24(29)26-18-21(14-17-30(26)34)20-32(4,5)22-15-16-28-25(19-22)23-10-6-8-12-27(23)33-28/h6-19,33H,20H2,1-5H3. The van der Waals surface area contributed by atoms with Crippen LogP contribution in [0.1, 0.15) is 45.7 Å². The number of nitrogens with one attached hydrogen (secondary N) is 1. The molecule has 0 unspecified atom stereocenters. The summed E-state index contributed by atoms with van der Waals surface area (Å²) in [6, 6.07) is 31.4. The monoisotopic (exact) mass is 444 g/mol. The van der Waals surface area contributed by atoms with Crippen molar-refractivity contribution in [2.75, 3.05) is 0 Å². The maximum Gasteiger partial charge on any atom is 0.0496 e. The summed E-state index contributed by atoms with van der Waals surface area (Å²) in [4.78, 5) is 3.56. The molecule has 6 rings (SSSR count). The number of nitrogens with zero attached hydrogens (tertiary/aromatic N) is 1. The zero-order valence-electron chi connectivity index (χ0n) is 20.7. The molecule has 1 N–H and O–H groups in total. The highest BCUT2D eigenvalue weighted by molar-refractivity contribution is 6.09. The minimum atomic E-state index is 0.0165. The molecule has 0 aliphatic carbocycles. The molecule has 0 atom stereocenters. The maximum atomic E-state index is 3.56. The van der Waals surface area contributed by atoms with E-state index in [2.05, 4.69) is 129 Å². The van der Waals surface area contributed by atoms with Crippen molar-refractivity contribution in [3.63, 3.8) is 0 Å². The number of H-pyrrole nitrogens is 1. The smallest absolute Gasteiger partial charge is 0.0496 e. The first-order valence-electron chi connectivity index (χ1n) is 12.3. The summed E-state index contributed by atoms with van der Waals surface area (Å²) in [5, 5.41) is 5.30. The Kier molecular flexibility index (Phi) is 4.48. The summed E-state index contributed by atoms with van der Waals surface area (Å²) in [6.45, 7) is 11.6. The van der Waals surface area contributed by atoms with Gasteiger partial charge in [-0.25, -0.2) is 0 Å². The fraction of sp³-hybridized carbons (Fsp3) is 0.250. The Balaban J connectivity index is 1.44. The van der Waals surface area contributed by atoms with E-state index in [0.717, 1.165) is 6.42 Å². The van der Waals surface area contributed by atoms with Crippen LogP contribution in [-0.4, -0.2) is 9.55 Å². The first kappa shape index (κ1) is 21.0. The van der Waals surface area contributed by atoms with Gasteiger partial charge in [-0.2, -0.15) is 0 Å². The Bertz CT molecular complexity index is 1690. The number of fused-ring (bicyclic) bond motifs is 6. The van der Waals surface area contributed by atoms with Gasteiger partial charge in [0.25, 0.3) is 0 Å². The largest absolute Gasteiger partial charge is 0.355 e. The highest BCUT2D eigenvalue weighted by Gasteiger charge is 2.24. The predicted octanol–water partition coefficient (Wildman–Crippen LogP) is 8.70. The van der Waals surface area contributed by atoms with Crippen LogP contribution in [0.2, 0.25) is 0 Å². The van der Waals surface area contributed by atoms with E-state index in [1.165, 1.54) is 54.7 Å². The molecule has 0 aliphatic heterocycles. The number of benzene rings is 4. The molecule has 2 heteroatoms. The van der Waals surface area contributed by atoms with Gasteiger partial charge in [0.15, 0.2) is 0 Å². The molecule has 0 aliphatic rings. The SMILES string of the molecule is CC(C)(Cc1ccc2c(c1)c1ccccc1n2C(C)(C)C)c1ccc2[nH]c3ccccc3c2c1. The topological polar surface area (TPSA) is 20.7 Å². The van der Waals surface area contributed by atoms with Crippen molar-refractivity contribution in [3.8, 4) is 0 Å². The fourth-order valence-electron chi connectivity index (χ4n) is 5.73. The Morgan fingerprint density at radius 1 is 0.618 bits per heavy atom. The summed E-state index contributed by atoms with van der Waals surface area (Å²) in [5.41, 5.74) is 7.83. The number of aromatic amines is 1. The van der Waals surface area contributed by atoms with Crippen LogP contribution in [0.4, 0.5) is 0 Å². The van der Waals surface area contributed by atoms with Crippen molar-refractivity contribution < 1.29 is 0 Å². The molecule has 0 saturated heterocycles. The van der Waals surface area contributed by atoms with E-state index in [1.54, 1.807) is 0 Å². The van der Waals surface area contributed by atoms with Gasteiger partial charge in [0.2, 0.25) is 0 Å². The molecule has 170 valence electrons. The molecule has 6 aromatic rings. The van der Waals surface area contributed by atoms with E-state index in [9.17, 15) is 0 Å². The van der Waals surface area contributed by atoms with Crippen LogP contribution in [0.3, 0.4) is 0 Å². The lowest BCUT2D eigenvalue weighted by Crippen LogP contribution is -2.21. The Morgan fingerprint density at radius 3 is 2.09 bits per heavy atom. The predicted molar refractivity (Wildman–Crippen MR) is 147 cm³/mol. The van der Waals surface area contributed by atoms with E-state index in [4.69, 9.17) is 0 Å². The molecule has 4 aromatic carbocycles. The van der Waals surface area contributed by atoms with Gasteiger partial charge in [0.1, 0.15) is 0 Å². The lowest BCUT2D eigenvalue weighted by molar-refractivity contribution is 0.423. The highest BCUT2D eigenvalue weighted by atomic mass is 15.0. The molecular formula is C32H32N2. The minimum absolute atomic E-state index is 0.0165. The third kappa shape index (κ3) is 3.24. The van der Waals surface area contributed by atoms with Gasteiger partial charge in [-0.05, 0) is 80.1 Å². The van der Waals surface area contributed by atoms with Crippen LogP contribution in [0.25, 0.3) is 43.6 Å². The van der Waals surface area contributed by atoms with E-state index in [0.29, 0.717) is 0 Å². The first-order chi connectivity index (χ1) is 16.2. The van der Waals surface area contributed by atoms with Crippen LogP contribution in [0.5, 0.6) is 0 Å². The second kappa shape index (κ2) is 7.24. The van der Waals surface area contributed by atoms with Crippen LogP contribution < -0.4 is 0 Å². The van der Waals surface area contributed by atoms with Gasteiger partial charge in [-0.15, -0.1) is 0 Å². The Labute approximate surface area is 201 Å². The first-order valence-corrected chi connectivity index (χ1v) is 12.3. The molecule has 2 heterocycles. The lowest BCUT2D eigenvalue weighted by atomic mass is 9.78. The van der Waals surface area contributed by atoms with Crippen LogP contribution in [0.15, 0.2) is 84.9 Å². The number of hydrogen-bond acceptors (Lipinski definition) is 0. The van der Waals surface area contributed by atoms with Crippen molar-refractivity contribution in [1.82, 2.24) is 9.55 Å². The molecular weight excluding hydrogens is 412 g/mol. The average molecular weight is 445 g/mol. The average Bonchev–Trinajstić information content (AvgIpc) is 3.33. The van der Waals surface area contributed by atoms with Crippen molar-refractivity contribution in [2.45, 2.75) is 52.0 Å². The van der Waals surface area contributed by atoms with Gasteiger partial charge in [0, 0.05) is 49.2 Å². The molecule has 0 spiro atoms. The Morgan fingerprint density at radius 2 is 1.29 bits per heavy atom. The molecule has 34 heavy (non-hydrogen) atoms. The molecule has 0 saturated carbocycles. The van der Waals surface area contributed by atoms with Crippen molar-refractivity contribution in [2.24, 2.45) is 0 Å². The second-order valence-electron chi connectivity index (χ2n) is 11.4. The molecule has 0 fully saturated rings. The van der Waals surface area contributed by atoms with Gasteiger partial charge < -0.3 is 9.55 Å². The number of aromatic nitrogens is 2. The second-order valence-corrected chi connectivity index (χ2v) is 11.4. The summed E-state index contributed by atoms with van der Waals surface area (Å²) >= 11 is 0. The highest BCUT2D eigenvalue weighted by Crippen LogP contribution is 2.37. The van der Waals surface area contributed by atoms with Crippen molar-refractivity contribution in [1.29, 1.82) is 0 Å². The van der Waals surface area contributed by atoms with Crippen LogP contribution >= 0.6 is 0 Å². The summed E-state index contributed by atoms with van der Waals surface area (Å²) in [7, 11) is 0. The van der Waals surface area contributed by atoms with E-state index < -0.39 is 0 Å². The molecule has 0 bridgehead atoms. The van der Waals surface area contributed by atoms with Crippen LogP contribution in [0, 0.1) is 0 Å². The number of rotatable bonds is 3. The summed E-state index contributed by atoms with van der Waals surface area (Å²) in [5.74, 6) is 0. The van der Waals surface area contributed by atoms with Crippen LogP contribution in [-0.2, 0) is 17.4 Å². The summed E-state index contributed by atoms with van der Waals surface area (Å²) < 4.78 is 2.48. The quantitative estimate of drug-likeness (QED) is 0.282. The van der Waals surface area contributed by atoms with Crippen molar-refractivity contribution >= 4 is 43.6 Å². The maximum absolute atomic E-state index is 3.56. The van der Waals surface area contributed by atoms with E-state index >= 15 is 0 Å². The molecule has 0 radical (unpaired) electrons. The number of hydrogen-bond donors (Lipinski definition) is 1. The van der Waals surface area contributed by atoms with Gasteiger partial charge in [-0.3, -0.25) is 0 Å². The minimum Gasteiger partial charge on any atom is -0.355 e. The third-order valence-corrected chi connectivity index (χ3v) is 7.34. The summed E-state index contributed by atoms with van der Waals surface area (Å²) in [6.07, 6.45) is 0.992. The zero-order chi connectivity index (χ0) is 23.7. The number of para-hydroxylation sites is 2. The van der Waals surface area contributed by atoms with E-state index in [-0.39, 0.29) is 11.0 Å². The van der Waals surface area contributed by atoms with Crippen molar-refractivity contribution in [3.05, 3.63) is 96.1 Å². The van der Waals surface area contributed by atoms with Gasteiger partial charge >= 0.3 is 0 Å². The Hall–Kier alpha value is -3.52. The fourth-order valence-corrected chi connectivity index (χ4v) is 5.73. The van der Waals surface area contributed by atoms with Gasteiger partial charge in [0.05, 0.1) is 0 Å². The molecule has 0 amide bonds. The lowest BCUT2D eigenvalue weighted by Gasteiger charge is -2.26. The molecule has 2 aromatic heterocycles. The zero-order valence-corrected chi connectivity index (χ0v) is 20.7. The normalized spacial score (nSPS) is 13.0. The van der Waals surface area contributed by atoms with E-state index in [1.807, 2.05) is 0 Å². The van der Waals surface area contributed by atoms with Gasteiger partial charge in [-0.1, -0.05) is 62.4 Å². The third-order valence-electron chi connectivity index (χ3n) is 7.34.